The second kappa shape index (κ2) is 7.13. The van der Waals surface area contributed by atoms with Crippen LogP contribution >= 0.6 is 0 Å². The van der Waals surface area contributed by atoms with Crippen LogP contribution in [0.5, 0.6) is 0 Å². The maximum atomic E-state index is 13.8. The number of amides is 1. The number of carbonyl (C=O) groups is 1. The van der Waals surface area contributed by atoms with Crippen molar-refractivity contribution in [1.82, 2.24) is 19.5 Å². The highest BCUT2D eigenvalue weighted by Gasteiger charge is 2.36. The average molecular weight is 406 g/mol. The summed E-state index contributed by atoms with van der Waals surface area (Å²) in [5, 5.41) is 4.13. The van der Waals surface area contributed by atoms with E-state index in [4.69, 9.17) is 0 Å². The molecule has 1 unspecified atom stereocenters. The number of hydrogen-bond acceptors (Lipinski definition) is 3. The van der Waals surface area contributed by atoms with Gasteiger partial charge < -0.3 is 4.90 Å². The summed E-state index contributed by atoms with van der Waals surface area (Å²) in [5.41, 5.74) is 0.294. The number of aromatic nitrogens is 3. The Morgan fingerprint density at radius 1 is 1.24 bits per heavy atom. The van der Waals surface area contributed by atoms with Crippen LogP contribution in [0.1, 0.15) is 35.0 Å². The molecule has 1 fully saturated rings. The van der Waals surface area contributed by atoms with E-state index in [-0.39, 0.29) is 29.6 Å². The number of aryl methyl sites for hydroxylation is 1. The third-order valence-electron chi connectivity index (χ3n) is 5.12. The van der Waals surface area contributed by atoms with Gasteiger partial charge in [0.15, 0.2) is 5.65 Å². The largest absolute Gasteiger partial charge is 0.433 e. The number of hydrogen-bond donors (Lipinski definition) is 0. The lowest BCUT2D eigenvalue weighted by Gasteiger charge is -2.16. The second-order valence-corrected chi connectivity index (χ2v) is 7.21. The van der Waals surface area contributed by atoms with Gasteiger partial charge in [-0.05, 0) is 31.0 Å². The molecule has 0 bridgehead atoms. The number of nitrogens with zero attached hydrogens (tertiary/aromatic N) is 4. The van der Waals surface area contributed by atoms with E-state index in [9.17, 15) is 22.4 Å². The van der Waals surface area contributed by atoms with E-state index in [1.165, 1.54) is 19.1 Å². The molecule has 152 valence electrons. The highest BCUT2D eigenvalue weighted by atomic mass is 19.4. The Bertz CT molecular complexity index is 1080. The van der Waals surface area contributed by atoms with Gasteiger partial charge >= 0.3 is 6.18 Å². The molecule has 1 aromatic carbocycles. The van der Waals surface area contributed by atoms with E-state index in [1.807, 2.05) is 0 Å². The van der Waals surface area contributed by atoms with Gasteiger partial charge in [0.25, 0.3) is 0 Å². The maximum Gasteiger partial charge on any atom is 0.433 e. The van der Waals surface area contributed by atoms with Gasteiger partial charge in [-0.1, -0.05) is 18.2 Å². The molecule has 0 saturated carbocycles. The predicted molar refractivity (Wildman–Crippen MR) is 96.8 cm³/mol. The third-order valence-corrected chi connectivity index (χ3v) is 5.12. The quantitative estimate of drug-likeness (QED) is 0.623. The van der Waals surface area contributed by atoms with Crippen molar-refractivity contribution in [2.24, 2.45) is 0 Å². The van der Waals surface area contributed by atoms with Crippen LogP contribution in [0.4, 0.5) is 17.6 Å². The van der Waals surface area contributed by atoms with Crippen LogP contribution in [0.3, 0.4) is 0 Å². The highest BCUT2D eigenvalue weighted by Crippen LogP contribution is 2.32. The molecule has 0 radical (unpaired) electrons. The molecule has 2 aromatic heterocycles. The van der Waals surface area contributed by atoms with Crippen molar-refractivity contribution >= 4 is 11.6 Å². The van der Waals surface area contributed by atoms with Crippen molar-refractivity contribution in [3.63, 3.8) is 0 Å². The molecule has 29 heavy (non-hydrogen) atoms. The maximum absolute atomic E-state index is 13.8. The summed E-state index contributed by atoms with van der Waals surface area (Å²) in [6, 6.07) is 8.60. The van der Waals surface area contributed by atoms with Gasteiger partial charge in [-0.15, -0.1) is 0 Å². The minimum atomic E-state index is -4.55. The Labute approximate surface area is 164 Å². The van der Waals surface area contributed by atoms with Crippen LogP contribution in [0.25, 0.3) is 5.65 Å². The van der Waals surface area contributed by atoms with Crippen LogP contribution in [0.15, 0.2) is 36.4 Å². The molecule has 4 rings (SSSR count). The Hall–Kier alpha value is -2.97. The lowest BCUT2D eigenvalue weighted by atomic mass is 10.1. The molecule has 1 aliphatic rings. The summed E-state index contributed by atoms with van der Waals surface area (Å²) in [4.78, 5) is 18.3. The van der Waals surface area contributed by atoms with Crippen molar-refractivity contribution < 1.29 is 22.4 Å². The van der Waals surface area contributed by atoms with Crippen molar-refractivity contribution in [2.75, 3.05) is 13.1 Å². The van der Waals surface area contributed by atoms with Crippen LogP contribution in [-0.2, 0) is 17.4 Å². The first-order valence-corrected chi connectivity index (χ1v) is 9.18. The number of benzene rings is 1. The van der Waals surface area contributed by atoms with Gasteiger partial charge in [0.05, 0.1) is 12.1 Å². The topological polar surface area (TPSA) is 50.5 Å². The van der Waals surface area contributed by atoms with Gasteiger partial charge in [-0.3, -0.25) is 4.79 Å². The van der Waals surface area contributed by atoms with Gasteiger partial charge in [-0.2, -0.15) is 18.3 Å². The normalized spacial score (nSPS) is 17.3. The van der Waals surface area contributed by atoms with E-state index in [1.54, 1.807) is 23.1 Å². The first-order valence-electron chi connectivity index (χ1n) is 9.18. The molecule has 0 aliphatic carbocycles. The van der Waals surface area contributed by atoms with Gasteiger partial charge in [-0.25, -0.2) is 13.9 Å². The molecule has 1 amide bonds. The van der Waals surface area contributed by atoms with Crippen LogP contribution < -0.4 is 0 Å². The summed E-state index contributed by atoms with van der Waals surface area (Å²) < 4.78 is 54.6. The fourth-order valence-corrected chi connectivity index (χ4v) is 3.66. The van der Waals surface area contributed by atoms with E-state index < -0.39 is 17.7 Å². The van der Waals surface area contributed by atoms with E-state index in [0.717, 1.165) is 10.6 Å². The number of alkyl halides is 3. The molecule has 0 N–H and O–H groups in total. The molecule has 1 aliphatic heterocycles. The Morgan fingerprint density at radius 2 is 2.00 bits per heavy atom. The van der Waals surface area contributed by atoms with Crippen LogP contribution in [0.2, 0.25) is 0 Å². The first kappa shape index (κ1) is 19.4. The number of halogens is 4. The standard InChI is InChI=1S/C20H18F4N4O/c1-12-8-17(20(22,23)24)28-18(25-12)10-16(26-28)14-6-7-27(11-14)19(29)9-13-4-2-3-5-15(13)21/h2-5,8,10,14H,6-7,9,11H2,1H3. The number of carbonyl (C=O) groups excluding carboxylic acids is 1. The zero-order valence-electron chi connectivity index (χ0n) is 15.6. The summed E-state index contributed by atoms with van der Waals surface area (Å²) in [7, 11) is 0. The number of rotatable bonds is 3. The van der Waals surface area contributed by atoms with Crippen molar-refractivity contribution in [3.05, 3.63) is 64.9 Å². The van der Waals surface area contributed by atoms with Crippen molar-refractivity contribution in [2.45, 2.75) is 31.9 Å². The zero-order chi connectivity index (χ0) is 20.8. The fourth-order valence-electron chi connectivity index (χ4n) is 3.66. The first-order chi connectivity index (χ1) is 13.7. The lowest BCUT2D eigenvalue weighted by Crippen LogP contribution is -2.30. The fraction of sp³-hybridized carbons (Fsp3) is 0.350. The van der Waals surface area contributed by atoms with Gasteiger partial charge in [0.1, 0.15) is 11.5 Å². The smallest absolute Gasteiger partial charge is 0.342 e. The predicted octanol–water partition coefficient (Wildman–Crippen LogP) is 3.75. The molecule has 5 nitrogen and oxygen atoms in total. The Kier molecular flexibility index (Phi) is 4.76. The monoisotopic (exact) mass is 406 g/mol. The summed E-state index contributed by atoms with van der Waals surface area (Å²) in [5.74, 6) is -0.841. The zero-order valence-corrected chi connectivity index (χ0v) is 15.6. The molecular formula is C20H18F4N4O. The summed E-state index contributed by atoms with van der Waals surface area (Å²) >= 11 is 0. The third kappa shape index (κ3) is 3.81. The minimum absolute atomic E-state index is 0.0521. The average Bonchev–Trinajstić information content (AvgIpc) is 3.28. The van der Waals surface area contributed by atoms with Gasteiger partial charge in [0.2, 0.25) is 5.91 Å². The van der Waals surface area contributed by atoms with E-state index >= 15 is 0 Å². The van der Waals surface area contributed by atoms with Crippen molar-refractivity contribution in [3.8, 4) is 0 Å². The Morgan fingerprint density at radius 3 is 2.72 bits per heavy atom. The molecular weight excluding hydrogens is 388 g/mol. The number of likely N-dealkylation sites (tertiary alicyclic amines) is 1. The summed E-state index contributed by atoms with van der Waals surface area (Å²) in [6.45, 7) is 2.28. The van der Waals surface area contributed by atoms with E-state index in [2.05, 4.69) is 10.1 Å². The molecule has 3 aromatic rings. The van der Waals surface area contributed by atoms with Crippen molar-refractivity contribution in [1.29, 1.82) is 0 Å². The SMILES string of the molecule is Cc1cc(C(F)(F)F)n2nc(C3CCN(C(=O)Cc4ccccc4F)C3)cc2n1. The minimum Gasteiger partial charge on any atom is -0.342 e. The molecule has 0 spiro atoms. The molecule has 1 saturated heterocycles. The second-order valence-electron chi connectivity index (χ2n) is 7.21. The van der Waals surface area contributed by atoms with Crippen LogP contribution in [0, 0.1) is 12.7 Å². The number of fused-ring (bicyclic) bond motifs is 1. The molecule has 9 heteroatoms. The van der Waals surface area contributed by atoms with Gasteiger partial charge in [0, 0.05) is 30.8 Å². The molecule has 1 atom stereocenters. The van der Waals surface area contributed by atoms with E-state index in [0.29, 0.717) is 30.8 Å². The van der Waals surface area contributed by atoms with Crippen LogP contribution in [-0.4, -0.2) is 38.5 Å². The lowest BCUT2D eigenvalue weighted by molar-refractivity contribution is -0.142. The Balaban J connectivity index is 1.54. The summed E-state index contributed by atoms with van der Waals surface area (Å²) in [6.07, 6.45) is -4.02. The highest BCUT2D eigenvalue weighted by molar-refractivity contribution is 5.79. The molecule has 3 heterocycles.